The van der Waals surface area contributed by atoms with E-state index in [2.05, 4.69) is 39.0 Å². The summed E-state index contributed by atoms with van der Waals surface area (Å²) < 4.78 is 5.53. The lowest BCUT2D eigenvalue weighted by Gasteiger charge is -2.30. The maximum absolute atomic E-state index is 12.2. The van der Waals surface area contributed by atoms with Gasteiger partial charge in [-0.3, -0.25) is 4.79 Å². The Bertz CT molecular complexity index is 555. The number of hydrogen-bond acceptors (Lipinski definition) is 3. The first kappa shape index (κ1) is 16.5. The van der Waals surface area contributed by atoms with Crippen molar-refractivity contribution in [1.82, 2.24) is 0 Å². The molecule has 0 aromatic heterocycles. The van der Waals surface area contributed by atoms with E-state index in [1.54, 1.807) is 0 Å². The third-order valence-electron chi connectivity index (χ3n) is 4.34. The molecule has 0 saturated heterocycles. The van der Waals surface area contributed by atoms with Gasteiger partial charge in [0, 0.05) is 12.8 Å². The minimum Gasteiger partial charge on any atom is -0.443 e. The van der Waals surface area contributed by atoms with Crippen molar-refractivity contribution in [2.75, 3.05) is 0 Å². The van der Waals surface area contributed by atoms with Crippen molar-refractivity contribution >= 4 is 5.97 Å². The van der Waals surface area contributed by atoms with E-state index >= 15 is 0 Å². The summed E-state index contributed by atoms with van der Waals surface area (Å²) in [6.07, 6.45) is 4.60. The molecule has 0 amide bonds. The van der Waals surface area contributed by atoms with Crippen LogP contribution in [0, 0.1) is 11.3 Å². The van der Waals surface area contributed by atoms with Crippen LogP contribution in [0.25, 0.3) is 0 Å². The van der Waals surface area contributed by atoms with E-state index in [-0.39, 0.29) is 17.8 Å². The number of carbonyl (C=O) groups is 1. The third kappa shape index (κ3) is 4.10. The summed E-state index contributed by atoms with van der Waals surface area (Å²) in [6.45, 7) is 6.49. The Morgan fingerprint density at radius 1 is 1.18 bits per heavy atom. The molecule has 1 aliphatic carbocycles. The van der Waals surface area contributed by atoms with Gasteiger partial charge in [-0.05, 0) is 29.4 Å². The Morgan fingerprint density at radius 3 is 2.27 bits per heavy atom. The van der Waals surface area contributed by atoms with Crippen LogP contribution < -0.4 is 0 Å². The SMILES string of the molecule is CC(C)(C)c1ccc(CC(=O)OC2(C#N)CCCCC2)cc1. The van der Waals surface area contributed by atoms with E-state index in [0.29, 0.717) is 12.8 Å². The highest BCUT2D eigenvalue weighted by Crippen LogP contribution is 2.31. The van der Waals surface area contributed by atoms with Crippen LogP contribution >= 0.6 is 0 Å². The minimum atomic E-state index is -0.888. The van der Waals surface area contributed by atoms with Crippen molar-refractivity contribution in [1.29, 1.82) is 5.26 Å². The highest BCUT2D eigenvalue weighted by molar-refractivity contribution is 5.73. The fourth-order valence-corrected chi connectivity index (χ4v) is 2.90. The molecule has 3 nitrogen and oxygen atoms in total. The molecule has 1 aliphatic rings. The molecule has 0 spiro atoms. The minimum absolute atomic E-state index is 0.103. The number of rotatable bonds is 3. The normalized spacial score (nSPS) is 17.5. The van der Waals surface area contributed by atoms with E-state index in [4.69, 9.17) is 4.74 Å². The Hall–Kier alpha value is -1.82. The summed E-state index contributed by atoms with van der Waals surface area (Å²) in [7, 11) is 0. The van der Waals surface area contributed by atoms with Crippen LogP contribution in [0.2, 0.25) is 0 Å². The van der Waals surface area contributed by atoms with E-state index in [1.807, 2.05) is 12.1 Å². The standard InChI is InChI=1S/C19H25NO2/c1-18(2,3)16-9-7-15(8-10-16)13-17(21)22-19(14-20)11-5-4-6-12-19/h7-10H,4-6,11-13H2,1-3H3. The zero-order valence-electron chi connectivity index (χ0n) is 13.8. The van der Waals surface area contributed by atoms with Gasteiger partial charge in [-0.25, -0.2) is 0 Å². The second kappa shape index (κ2) is 6.52. The molecule has 1 aromatic carbocycles. The largest absolute Gasteiger partial charge is 0.443 e. The zero-order valence-corrected chi connectivity index (χ0v) is 13.8. The van der Waals surface area contributed by atoms with Crippen LogP contribution in [0.1, 0.15) is 64.0 Å². The number of hydrogen-bond donors (Lipinski definition) is 0. The van der Waals surface area contributed by atoms with Gasteiger partial charge in [-0.2, -0.15) is 5.26 Å². The van der Waals surface area contributed by atoms with Crippen molar-refractivity contribution < 1.29 is 9.53 Å². The first-order valence-electron chi connectivity index (χ1n) is 8.07. The molecule has 0 heterocycles. The molecule has 0 unspecified atom stereocenters. The molecule has 22 heavy (non-hydrogen) atoms. The number of ether oxygens (including phenoxy) is 1. The number of esters is 1. The van der Waals surface area contributed by atoms with Gasteiger partial charge in [0.25, 0.3) is 0 Å². The molecular weight excluding hydrogens is 274 g/mol. The van der Waals surface area contributed by atoms with Crippen LogP contribution in [-0.2, 0) is 21.4 Å². The van der Waals surface area contributed by atoms with Gasteiger partial charge in [-0.15, -0.1) is 0 Å². The quantitative estimate of drug-likeness (QED) is 0.782. The summed E-state index contributed by atoms with van der Waals surface area (Å²) in [5.74, 6) is -0.299. The van der Waals surface area contributed by atoms with Crippen LogP contribution in [-0.4, -0.2) is 11.6 Å². The lowest BCUT2D eigenvalue weighted by Crippen LogP contribution is -2.36. The molecular formula is C19H25NO2. The molecule has 0 N–H and O–H groups in total. The third-order valence-corrected chi connectivity index (χ3v) is 4.34. The molecule has 1 aromatic rings. The van der Waals surface area contributed by atoms with Gasteiger partial charge in [0.1, 0.15) is 6.07 Å². The van der Waals surface area contributed by atoms with Crippen molar-refractivity contribution in [2.45, 2.75) is 70.3 Å². The fourth-order valence-electron chi connectivity index (χ4n) is 2.90. The molecule has 1 saturated carbocycles. The highest BCUT2D eigenvalue weighted by Gasteiger charge is 2.35. The van der Waals surface area contributed by atoms with E-state index in [1.165, 1.54) is 5.56 Å². The number of carbonyl (C=O) groups excluding carboxylic acids is 1. The average Bonchev–Trinajstić information content (AvgIpc) is 2.47. The molecule has 3 heteroatoms. The monoisotopic (exact) mass is 299 g/mol. The highest BCUT2D eigenvalue weighted by atomic mass is 16.6. The van der Waals surface area contributed by atoms with Gasteiger partial charge in [0.2, 0.25) is 0 Å². The van der Waals surface area contributed by atoms with Crippen molar-refractivity contribution in [2.24, 2.45) is 0 Å². The Labute approximate surface area is 133 Å². The number of nitrogens with zero attached hydrogens (tertiary/aromatic N) is 1. The molecule has 118 valence electrons. The van der Waals surface area contributed by atoms with Crippen molar-refractivity contribution in [3.63, 3.8) is 0 Å². The first-order chi connectivity index (χ1) is 10.3. The summed E-state index contributed by atoms with van der Waals surface area (Å²) in [6, 6.07) is 10.3. The summed E-state index contributed by atoms with van der Waals surface area (Å²) in [5.41, 5.74) is 1.39. The van der Waals surface area contributed by atoms with Gasteiger partial charge in [0.05, 0.1) is 6.42 Å². The van der Waals surface area contributed by atoms with Gasteiger partial charge in [-0.1, -0.05) is 51.5 Å². The molecule has 0 aliphatic heterocycles. The second-order valence-corrected chi connectivity index (χ2v) is 7.26. The van der Waals surface area contributed by atoms with Gasteiger partial charge >= 0.3 is 5.97 Å². The fraction of sp³-hybridized carbons (Fsp3) is 0.579. The van der Waals surface area contributed by atoms with E-state index < -0.39 is 5.60 Å². The van der Waals surface area contributed by atoms with E-state index in [9.17, 15) is 10.1 Å². The van der Waals surface area contributed by atoms with Crippen LogP contribution in [0.5, 0.6) is 0 Å². The van der Waals surface area contributed by atoms with E-state index in [0.717, 1.165) is 24.8 Å². The van der Waals surface area contributed by atoms with Crippen molar-refractivity contribution in [3.8, 4) is 6.07 Å². The Morgan fingerprint density at radius 2 is 1.77 bits per heavy atom. The van der Waals surface area contributed by atoms with Gasteiger partial charge < -0.3 is 4.74 Å². The molecule has 1 fully saturated rings. The Kier molecular flexibility index (Phi) is 4.90. The number of benzene rings is 1. The topological polar surface area (TPSA) is 50.1 Å². The lowest BCUT2D eigenvalue weighted by atomic mass is 9.85. The Balaban J connectivity index is 1.98. The maximum atomic E-state index is 12.2. The predicted molar refractivity (Wildman–Crippen MR) is 86.4 cm³/mol. The smallest absolute Gasteiger partial charge is 0.311 e. The summed E-state index contributed by atoms with van der Waals surface area (Å²) in [5, 5.41) is 9.36. The average molecular weight is 299 g/mol. The summed E-state index contributed by atoms with van der Waals surface area (Å²) >= 11 is 0. The predicted octanol–water partition coefficient (Wildman–Crippen LogP) is 4.30. The lowest BCUT2D eigenvalue weighted by molar-refractivity contribution is -0.156. The molecule has 0 atom stereocenters. The molecule has 0 bridgehead atoms. The zero-order chi connectivity index (χ0) is 16.2. The first-order valence-corrected chi connectivity index (χ1v) is 8.07. The summed E-state index contributed by atoms with van der Waals surface area (Å²) in [4.78, 5) is 12.2. The maximum Gasteiger partial charge on any atom is 0.311 e. The van der Waals surface area contributed by atoms with Crippen LogP contribution in [0.15, 0.2) is 24.3 Å². The van der Waals surface area contributed by atoms with Crippen LogP contribution in [0.3, 0.4) is 0 Å². The molecule has 2 rings (SSSR count). The van der Waals surface area contributed by atoms with Crippen molar-refractivity contribution in [3.05, 3.63) is 35.4 Å². The van der Waals surface area contributed by atoms with Crippen LogP contribution in [0.4, 0.5) is 0 Å². The second-order valence-electron chi connectivity index (χ2n) is 7.26. The number of nitriles is 1. The molecule has 0 radical (unpaired) electrons. The van der Waals surface area contributed by atoms with Gasteiger partial charge in [0.15, 0.2) is 5.60 Å².